The smallest absolute Gasteiger partial charge is 0.308 e. The number of aromatic amines is 1. The molecule has 0 saturated carbocycles. The number of carbonyl (C=O) groups excluding carboxylic acids is 2. The number of Topliss-reactive ketones (excluding diaryl/α,β-unsaturated/α-hetero) is 1. The molecule has 0 aliphatic rings. The van der Waals surface area contributed by atoms with Crippen molar-refractivity contribution in [1.82, 2.24) is 4.98 Å². The average molecular weight is 420 g/mol. The van der Waals surface area contributed by atoms with E-state index in [0.29, 0.717) is 52.5 Å². The van der Waals surface area contributed by atoms with Gasteiger partial charge in [0.1, 0.15) is 5.60 Å². The molecule has 0 radical (unpaired) electrons. The Bertz CT molecular complexity index is 792. The van der Waals surface area contributed by atoms with Gasteiger partial charge in [-0.05, 0) is 39.3 Å². The van der Waals surface area contributed by atoms with Crippen molar-refractivity contribution in [2.75, 3.05) is 39.6 Å². The predicted molar refractivity (Wildman–Crippen MR) is 115 cm³/mol. The van der Waals surface area contributed by atoms with Gasteiger partial charge in [0.2, 0.25) is 0 Å². The number of carbonyl (C=O) groups is 2. The number of ether oxygens (including phenoxy) is 4. The Morgan fingerprint density at radius 2 is 1.53 bits per heavy atom. The lowest BCUT2D eigenvalue weighted by atomic mass is 10.0. The van der Waals surface area contributed by atoms with E-state index in [2.05, 4.69) is 4.98 Å². The van der Waals surface area contributed by atoms with Gasteiger partial charge in [-0.1, -0.05) is 12.1 Å². The summed E-state index contributed by atoms with van der Waals surface area (Å²) in [5.74, 6) is -0.135. The number of rotatable bonds is 14. The number of hydrogen-bond acceptors (Lipinski definition) is 6. The summed E-state index contributed by atoms with van der Waals surface area (Å²) in [6.45, 7) is 8.14. The van der Waals surface area contributed by atoms with Crippen molar-refractivity contribution in [3.05, 3.63) is 36.0 Å². The van der Waals surface area contributed by atoms with Crippen LogP contribution in [0.4, 0.5) is 0 Å². The SMILES string of the molecule is CC(C)(C)OC(=O)CCOCCOCCOCCCC(=O)c1cccc2[nH]ccc12. The maximum atomic E-state index is 12.4. The fourth-order valence-electron chi connectivity index (χ4n) is 2.89. The predicted octanol–water partition coefficient (Wildman–Crippen LogP) is 3.91. The van der Waals surface area contributed by atoms with Crippen LogP contribution in [0.1, 0.15) is 50.4 Å². The highest BCUT2D eigenvalue weighted by atomic mass is 16.6. The van der Waals surface area contributed by atoms with Crippen molar-refractivity contribution in [3.63, 3.8) is 0 Å². The Balaban J connectivity index is 1.42. The molecule has 1 aromatic carbocycles. The number of benzene rings is 1. The molecule has 0 spiro atoms. The molecule has 0 fully saturated rings. The van der Waals surface area contributed by atoms with Crippen LogP contribution in [0.25, 0.3) is 10.9 Å². The van der Waals surface area contributed by atoms with E-state index in [1.165, 1.54) is 0 Å². The van der Waals surface area contributed by atoms with Gasteiger partial charge in [0, 0.05) is 35.7 Å². The van der Waals surface area contributed by atoms with Crippen LogP contribution in [0.2, 0.25) is 0 Å². The Morgan fingerprint density at radius 3 is 2.23 bits per heavy atom. The van der Waals surface area contributed by atoms with Crippen molar-refractivity contribution in [3.8, 4) is 0 Å². The van der Waals surface area contributed by atoms with Crippen molar-refractivity contribution in [2.45, 2.75) is 45.6 Å². The monoisotopic (exact) mass is 419 g/mol. The van der Waals surface area contributed by atoms with E-state index < -0.39 is 5.60 Å². The fourth-order valence-corrected chi connectivity index (χ4v) is 2.89. The molecular formula is C23H33NO6. The van der Waals surface area contributed by atoms with E-state index >= 15 is 0 Å². The van der Waals surface area contributed by atoms with Crippen LogP contribution < -0.4 is 0 Å². The Morgan fingerprint density at radius 1 is 0.867 bits per heavy atom. The minimum Gasteiger partial charge on any atom is -0.460 e. The highest BCUT2D eigenvalue weighted by Gasteiger charge is 2.15. The van der Waals surface area contributed by atoms with Crippen LogP contribution in [0.3, 0.4) is 0 Å². The zero-order chi connectivity index (χ0) is 21.8. The van der Waals surface area contributed by atoms with Gasteiger partial charge in [0.05, 0.1) is 39.5 Å². The van der Waals surface area contributed by atoms with Gasteiger partial charge < -0.3 is 23.9 Å². The van der Waals surface area contributed by atoms with Gasteiger partial charge in [-0.15, -0.1) is 0 Å². The van der Waals surface area contributed by atoms with Gasteiger partial charge in [0.25, 0.3) is 0 Å². The van der Waals surface area contributed by atoms with Gasteiger partial charge in [-0.2, -0.15) is 0 Å². The molecule has 0 saturated heterocycles. The molecular weight excluding hydrogens is 386 g/mol. The Labute approximate surface area is 178 Å². The number of ketones is 1. The molecule has 30 heavy (non-hydrogen) atoms. The molecule has 7 nitrogen and oxygen atoms in total. The third-order valence-corrected chi connectivity index (χ3v) is 4.20. The summed E-state index contributed by atoms with van der Waals surface area (Å²) in [6, 6.07) is 7.64. The number of esters is 1. The van der Waals surface area contributed by atoms with Crippen molar-refractivity contribution in [1.29, 1.82) is 0 Å². The molecule has 166 valence electrons. The first-order valence-electron chi connectivity index (χ1n) is 10.4. The summed E-state index contributed by atoms with van der Waals surface area (Å²) < 4.78 is 21.5. The third kappa shape index (κ3) is 9.07. The molecule has 1 N–H and O–H groups in total. The topological polar surface area (TPSA) is 86.8 Å². The van der Waals surface area contributed by atoms with Crippen LogP contribution in [-0.4, -0.2) is 62.0 Å². The van der Waals surface area contributed by atoms with Gasteiger partial charge in [0.15, 0.2) is 5.78 Å². The number of H-pyrrole nitrogens is 1. The molecule has 0 aliphatic carbocycles. The van der Waals surface area contributed by atoms with Crippen LogP contribution in [0.15, 0.2) is 30.5 Å². The first-order valence-corrected chi connectivity index (χ1v) is 10.4. The number of fused-ring (bicyclic) bond motifs is 1. The Kier molecular flexibility index (Phi) is 10.00. The second kappa shape index (κ2) is 12.5. The zero-order valence-corrected chi connectivity index (χ0v) is 18.2. The normalized spacial score (nSPS) is 11.7. The lowest BCUT2D eigenvalue weighted by molar-refractivity contribution is -0.156. The van der Waals surface area contributed by atoms with Gasteiger partial charge in [-0.3, -0.25) is 9.59 Å². The van der Waals surface area contributed by atoms with E-state index in [9.17, 15) is 9.59 Å². The Hall–Kier alpha value is -2.22. The maximum absolute atomic E-state index is 12.4. The summed E-state index contributed by atoms with van der Waals surface area (Å²) in [5, 5.41) is 0.963. The second-order valence-electron chi connectivity index (χ2n) is 7.94. The molecule has 0 amide bonds. The van der Waals surface area contributed by atoms with E-state index in [-0.39, 0.29) is 18.2 Å². The number of aromatic nitrogens is 1. The first-order chi connectivity index (χ1) is 14.4. The van der Waals surface area contributed by atoms with E-state index in [4.69, 9.17) is 18.9 Å². The van der Waals surface area contributed by atoms with E-state index in [1.807, 2.05) is 51.2 Å². The summed E-state index contributed by atoms with van der Waals surface area (Å²) in [7, 11) is 0. The highest BCUT2D eigenvalue weighted by molar-refractivity contribution is 6.07. The molecule has 0 aliphatic heterocycles. The molecule has 2 aromatic rings. The average Bonchev–Trinajstić information content (AvgIpc) is 3.16. The first kappa shape index (κ1) is 24.1. The largest absolute Gasteiger partial charge is 0.460 e. The summed E-state index contributed by atoms with van der Waals surface area (Å²) >= 11 is 0. The second-order valence-corrected chi connectivity index (χ2v) is 7.94. The quantitative estimate of drug-likeness (QED) is 0.284. The molecule has 0 unspecified atom stereocenters. The lowest BCUT2D eigenvalue weighted by Gasteiger charge is -2.19. The lowest BCUT2D eigenvalue weighted by Crippen LogP contribution is -2.24. The standard InChI is InChI=1S/C23H33NO6/c1-23(2,3)30-22(26)10-13-28-15-17-29-16-14-27-12-5-8-21(25)19-6-4-7-20-18(19)9-11-24-20/h4,6-7,9,11,24H,5,8,10,12-17H2,1-3H3. The molecule has 7 heteroatoms. The minimum absolute atomic E-state index is 0.128. The fraction of sp³-hybridized carbons (Fsp3) is 0.565. The van der Waals surface area contributed by atoms with E-state index in [1.54, 1.807) is 0 Å². The summed E-state index contributed by atoms with van der Waals surface area (Å²) in [4.78, 5) is 27.0. The van der Waals surface area contributed by atoms with Crippen LogP contribution in [0, 0.1) is 0 Å². The third-order valence-electron chi connectivity index (χ3n) is 4.20. The van der Waals surface area contributed by atoms with Crippen molar-refractivity contribution in [2.24, 2.45) is 0 Å². The molecule has 2 rings (SSSR count). The molecule has 1 heterocycles. The summed E-state index contributed by atoms with van der Waals surface area (Å²) in [6.07, 6.45) is 3.21. The van der Waals surface area contributed by atoms with Crippen molar-refractivity contribution >= 4 is 22.7 Å². The minimum atomic E-state index is -0.468. The molecule has 0 bridgehead atoms. The maximum Gasteiger partial charge on any atom is 0.308 e. The van der Waals surface area contributed by atoms with Gasteiger partial charge >= 0.3 is 5.97 Å². The van der Waals surface area contributed by atoms with Crippen molar-refractivity contribution < 1.29 is 28.5 Å². The molecule has 1 aromatic heterocycles. The molecule has 0 atom stereocenters. The van der Waals surface area contributed by atoms with Crippen LogP contribution >= 0.6 is 0 Å². The van der Waals surface area contributed by atoms with Crippen LogP contribution in [0.5, 0.6) is 0 Å². The number of hydrogen-bond donors (Lipinski definition) is 1. The highest BCUT2D eigenvalue weighted by Crippen LogP contribution is 2.19. The van der Waals surface area contributed by atoms with Gasteiger partial charge in [-0.25, -0.2) is 0 Å². The van der Waals surface area contributed by atoms with Crippen LogP contribution in [-0.2, 0) is 23.7 Å². The van der Waals surface area contributed by atoms with E-state index in [0.717, 1.165) is 16.5 Å². The number of nitrogens with one attached hydrogen (secondary N) is 1. The summed E-state index contributed by atoms with van der Waals surface area (Å²) in [5.41, 5.74) is 1.26. The zero-order valence-electron chi connectivity index (χ0n) is 18.2.